The van der Waals surface area contributed by atoms with Crippen molar-refractivity contribution in [1.82, 2.24) is 14.7 Å². The van der Waals surface area contributed by atoms with E-state index in [-0.39, 0.29) is 36.1 Å². The zero-order chi connectivity index (χ0) is 18.6. The molecule has 0 bridgehead atoms. The maximum absolute atomic E-state index is 13.2. The molecular formula is C18H33N3O4S. The van der Waals surface area contributed by atoms with E-state index in [0.29, 0.717) is 19.5 Å². The number of hydrogen-bond acceptors (Lipinski definition) is 6. The van der Waals surface area contributed by atoms with Gasteiger partial charge in [-0.2, -0.15) is 0 Å². The summed E-state index contributed by atoms with van der Waals surface area (Å²) in [6.07, 6.45) is 6.09. The lowest BCUT2D eigenvalue weighted by Gasteiger charge is -2.40. The average molecular weight is 388 g/mol. The molecule has 0 aromatic heterocycles. The average Bonchev–Trinajstić information content (AvgIpc) is 2.97. The van der Waals surface area contributed by atoms with E-state index in [9.17, 15) is 13.2 Å². The van der Waals surface area contributed by atoms with Crippen LogP contribution in [-0.2, 0) is 14.6 Å². The van der Waals surface area contributed by atoms with Crippen molar-refractivity contribution in [1.29, 1.82) is 0 Å². The predicted octanol–water partition coefficient (Wildman–Crippen LogP) is -0.0553. The third kappa shape index (κ3) is 5.18. The Kier molecular flexibility index (Phi) is 6.93. The number of piperazine rings is 1. The van der Waals surface area contributed by atoms with Gasteiger partial charge in [0.2, 0.25) is 5.91 Å². The van der Waals surface area contributed by atoms with Crippen LogP contribution in [0.4, 0.5) is 0 Å². The first-order valence-corrected chi connectivity index (χ1v) is 11.9. The van der Waals surface area contributed by atoms with E-state index in [1.54, 1.807) is 0 Å². The van der Waals surface area contributed by atoms with Gasteiger partial charge < -0.3 is 10.0 Å². The number of nitrogens with zero attached hydrogens (tertiary/aromatic N) is 3. The van der Waals surface area contributed by atoms with Crippen LogP contribution >= 0.6 is 0 Å². The Hall–Kier alpha value is -0.700. The second-order valence-corrected chi connectivity index (χ2v) is 10.2. The van der Waals surface area contributed by atoms with Crippen LogP contribution < -0.4 is 0 Å². The second kappa shape index (κ2) is 8.99. The first-order chi connectivity index (χ1) is 12.5. The zero-order valence-corrected chi connectivity index (χ0v) is 16.5. The topological polar surface area (TPSA) is 81.2 Å². The largest absolute Gasteiger partial charge is 0.395 e. The molecule has 1 amide bonds. The molecule has 2 heterocycles. The molecule has 0 unspecified atom stereocenters. The molecule has 0 radical (unpaired) electrons. The van der Waals surface area contributed by atoms with Gasteiger partial charge in [-0.15, -0.1) is 0 Å². The maximum atomic E-state index is 13.2. The summed E-state index contributed by atoms with van der Waals surface area (Å²) in [7, 11) is -3.00. The molecule has 8 heteroatoms. The van der Waals surface area contributed by atoms with Crippen molar-refractivity contribution in [2.45, 2.75) is 50.6 Å². The molecule has 1 saturated carbocycles. The van der Waals surface area contributed by atoms with Crippen molar-refractivity contribution in [3.05, 3.63) is 0 Å². The Labute approximate surface area is 157 Å². The maximum Gasteiger partial charge on any atom is 0.237 e. The molecule has 0 aromatic rings. The van der Waals surface area contributed by atoms with Crippen LogP contribution in [0.1, 0.15) is 38.5 Å². The Balaban J connectivity index is 1.61. The van der Waals surface area contributed by atoms with Crippen LogP contribution in [0.15, 0.2) is 0 Å². The third-order valence-corrected chi connectivity index (χ3v) is 7.85. The van der Waals surface area contributed by atoms with Crippen LogP contribution in [0, 0.1) is 0 Å². The molecular weight excluding hydrogens is 354 g/mol. The highest BCUT2D eigenvalue weighted by atomic mass is 32.2. The summed E-state index contributed by atoms with van der Waals surface area (Å²) in [4.78, 5) is 19.5. The van der Waals surface area contributed by atoms with E-state index in [1.807, 2.05) is 4.90 Å². The minimum atomic E-state index is -3.00. The van der Waals surface area contributed by atoms with Crippen molar-refractivity contribution < 1.29 is 18.3 Å². The molecule has 150 valence electrons. The summed E-state index contributed by atoms with van der Waals surface area (Å²) < 4.78 is 23.9. The molecule has 1 aliphatic carbocycles. The van der Waals surface area contributed by atoms with Gasteiger partial charge in [0.1, 0.15) is 0 Å². The van der Waals surface area contributed by atoms with Crippen molar-refractivity contribution in [2.75, 3.05) is 57.4 Å². The summed E-state index contributed by atoms with van der Waals surface area (Å²) in [5.74, 6) is 0.461. The molecule has 1 N–H and O–H groups in total. The number of aliphatic hydroxyl groups excluding tert-OH is 1. The van der Waals surface area contributed by atoms with E-state index in [0.717, 1.165) is 51.9 Å². The number of hydrogen-bond donors (Lipinski definition) is 1. The zero-order valence-electron chi connectivity index (χ0n) is 15.7. The number of rotatable bonds is 6. The number of aliphatic hydroxyl groups is 1. The highest BCUT2D eigenvalue weighted by Gasteiger charge is 2.38. The fourth-order valence-electron chi connectivity index (χ4n) is 4.64. The first kappa shape index (κ1) is 20.0. The summed E-state index contributed by atoms with van der Waals surface area (Å²) in [6, 6.07) is 0.0801. The number of carbonyl (C=O) groups is 1. The van der Waals surface area contributed by atoms with Gasteiger partial charge in [-0.05, 0) is 19.3 Å². The van der Waals surface area contributed by atoms with Gasteiger partial charge in [-0.3, -0.25) is 14.6 Å². The van der Waals surface area contributed by atoms with Gasteiger partial charge in [0.25, 0.3) is 0 Å². The first-order valence-electron chi connectivity index (χ1n) is 10.1. The van der Waals surface area contributed by atoms with Crippen molar-refractivity contribution in [2.24, 2.45) is 0 Å². The SMILES string of the molecule is O=C(CN1CCN(CCO)CC1)N(C1CCCCC1)[C@@H]1CCS(=O)(=O)C1. The Morgan fingerprint density at radius 2 is 1.62 bits per heavy atom. The molecule has 3 rings (SSSR count). The van der Waals surface area contributed by atoms with Crippen molar-refractivity contribution in [3.8, 4) is 0 Å². The molecule has 1 atom stereocenters. The van der Waals surface area contributed by atoms with E-state index in [1.165, 1.54) is 6.42 Å². The second-order valence-electron chi connectivity index (χ2n) is 7.99. The lowest BCUT2D eigenvalue weighted by molar-refractivity contribution is -0.138. The third-order valence-electron chi connectivity index (χ3n) is 6.10. The van der Waals surface area contributed by atoms with E-state index in [2.05, 4.69) is 9.80 Å². The van der Waals surface area contributed by atoms with Crippen molar-refractivity contribution >= 4 is 15.7 Å². The van der Waals surface area contributed by atoms with Crippen LogP contribution in [-0.4, -0.2) is 104 Å². The van der Waals surface area contributed by atoms with Crippen LogP contribution in [0.5, 0.6) is 0 Å². The van der Waals surface area contributed by atoms with E-state index < -0.39 is 9.84 Å². The molecule has 2 saturated heterocycles. The summed E-state index contributed by atoms with van der Waals surface area (Å²) in [6.45, 7) is 4.64. The van der Waals surface area contributed by atoms with Crippen molar-refractivity contribution in [3.63, 3.8) is 0 Å². The number of amides is 1. The molecule has 0 spiro atoms. The highest BCUT2D eigenvalue weighted by Crippen LogP contribution is 2.28. The van der Waals surface area contributed by atoms with Crippen LogP contribution in [0.3, 0.4) is 0 Å². The summed E-state index contributed by atoms with van der Waals surface area (Å²) in [5.41, 5.74) is 0. The van der Waals surface area contributed by atoms with Crippen LogP contribution in [0.25, 0.3) is 0 Å². The number of carbonyl (C=O) groups excluding carboxylic acids is 1. The molecule has 0 aromatic carbocycles. The number of sulfone groups is 1. The van der Waals surface area contributed by atoms with Gasteiger partial charge >= 0.3 is 0 Å². The standard InChI is InChI=1S/C18H33N3O4S/c22-12-11-19-7-9-20(10-8-19)14-18(23)21(16-4-2-1-3-5-16)17-6-13-26(24,25)15-17/h16-17,22H,1-15H2/t17-/m1/s1. The predicted molar refractivity (Wildman–Crippen MR) is 101 cm³/mol. The normalized spacial score (nSPS) is 28.3. The van der Waals surface area contributed by atoms with Crippen LogP contribution in [0.2, 0.25) is 0 Å². The summed E-state index contributed by atoms with van der Waals surface area (Å²) >= 11 is 0. The molecule has 26 heavy (non-hydrogen) atoms. The lowest BCUT2D eigenvalue weighted by Crippen LogP contribution is -2.54. The fourth-order valence-corrected chi connectivity index (χ4v) is 6.36. The molecule has 7 nitrogen and oxygen atoms in total. The fraction of sp³-hybridized carbons (Fsp3) is 0.944. The summed E-state index contributed by atoms with van der Waals surface area (Å²) in [5, 5.41) is 9.05. The van der Waals surface area contributed by atoms with Gasteiger partial charge in [0.15, 0.2) is 9.84 Å². The monoisotopic (exact) mass is 387 g/mol. The minimum absolute atomic E-state index is 0.106. The Bertz CT molecular complexity index is 569. The smallest absolute Gasteiger partial charge is 0.237 e. The Morgan fingerprint density at radius 1 is 0.962 bits per heavy atom. The molecule has 3 aliphatic rings. The Morgan fingerprint density at radius 3 is 2.19 bits per heavy atom. The minimum Gasteiger partial charge on any atom is -0.395 e. The highest BCUT2D eigenvalue weighted by molar-refractivity contribution is 7.91. The number of β-amino-alcohol motifs (C(OH)–C–C–N with tert-alkyl or cyclic N) is 1. The van der Waals surface area contributed by atoms with Gasteiger partial charge in [-0.1, -0.05) is 19.3 Å². The lowest BCUT2D eigenvalue weighted by atomic mass is 9.92. The molecule has 3 fully saturated rings. The van der Waals surface area contributed by atoms with E-state index >= 15 is 0 Å². The van der Waals surface area contributed by atoms with E-state index in [4.69, 9.17) is 5.11 Å². The van der Waals surface area contributed by atoms with Gasteiger partial charge in [0.05, 0.1) is 24.7 Å². The molecule has 2 aliphatic heterocycles. The van der Waals surface area contributed by atoms with Gasteiger partial charge in [-0.25, -0.2) is 8.42 Å². The van der Waals surface area contributed by atoms with Gasteiger partial charge in [0, 0.05) is 44.8 Å². The quantitative estimate of drug-likeness (QED) is 0.688.